The summed E-state index contributed by atoms with van der Waals surface area (Å²) in [6.07, 6.45) is 7.08. The summed E-state index contributed by atoms with van der Waals surface area (Å²) in [5.74, 6) is -0.354. The Morgan fingerprint density at radius 1 is 1.03 bits per heavy atom. The van der Waals surface area contributed by atoms with E-state index in [1.807, 2.05) is 6.92 Å². The molecule has 1 aliphatic carbocycles. The Morgan fingerprint density at radius 2 is 1.74 bits per heavy atom. The topological polar surface area (TPSA) is 66.5 Å². The van der Waals surface area contributed by atoms with Crippen molar-refractivity contribution in [1.82, 2.24) is 9.62 Å². The third kappa shape index (κ3) is 4.66. The van der Waals surface area contributed by atoms with Crippen molar-refractivity contribution in [3.8, 4) is 0 Å². The van der Waals surface area contributed by atoms with Gasteiger partial charge in [-0.3, -0.25) is 4.79 Å². The molecule has 0 aromatic heterocycles. The van der Waals surface area contributed by atoms with Gasteiger partial charge in [0, 0.05) is 13.1 Å². The average molecular weight is 461 g/mol. The Bertz CT molecular complexity index is 1080. The smallest absolute Gasteiger partial charge is 0.253 e. The first kappa shape index (κ1) is 22.3. The molecule has 1 fully saturated rings. The summed E-state index contributed by atoms with van der Waals surface area (Å²) in [7, 11) is -3.61. The van der Waals surface area contributed by atoms with Crippen LogP contribution < -0.4 is 5.32 Å². The van der Waals surface area contributed by atoms with Gasteiger partial charge >= 0.3 is 0 Å². The second kappa shape index (κ2) is 9.31. The van der Waals surface area contributed by atoms with Gasteiger partial charge in [-0.25, -0.2) is 8.42 Å². The van der Waals surface area contributed by atoms with Crippen LogP contribution >= 0.6 is 11.6 Å². The van der Waals surface area contributed by atoms with Gasteiger partial charge < -0.3 is 5.32 Å². The lowest BCUT2D eigenvalue weighted by atomic mass is 9.88. The lowest BCUT2D eigenvalue weighted by molar-refractivity contribution is 0.0935. The number of fused-ring (bicyclic) bond motifs is 1. The van der Waals surface area contributed by atoms with E-state index in [1.54, 1.807) is 0 Å². The third-order valence-electron chi connectivity index (χ3n) is 6.37. The number of sulfonamides is 1. The van der Waals surface area contributed by atoms with E-state index in [1.165, 1.54) is 46.5 Å². The van der Waals surface area contributed by atoms with Crippen LogP contribution in [0.5, 0.6) is 0 Å². The van der Waals surface area contributed by atoms with E-state index in [0.717, 1.165) is 37.7 Å². The average Bonchev–Trinajstić information content (AvgIpc) is 3.33. The summed E-state index contributed by atoms with van der Waals surface area (Å²) < 4.78 is 27.3. The molecule has 31 heavy (non-hydrogen) atoms. The van der Waals surface area contributed by atoms with Crippen molar-refractivity contribution in [2.24, 2.45) is 0 Å². The number of hydrogen-bond acceptors (Lipinski definition) is 3. The van der Waals surface area contributed by atoms with E-state index in [9.17, 15) is 13.2 Å². The summed E-state index contributed by atoms with van der Waals surface area (Å²) in [5, 5.41) is 3.31. The first-order valence-corrected chi connectivity index (χ1v) is 12.9. The fourth-order valence-electron chi connectivity index (χ4n) is 4.54. The number of amides is 1. The van der Waals surface area contributed by atoms with E-state index in [0.29, 0.717) is 13.1 Å². The molecule has 0 bridgehead atoms. The minimum Gasteiger partial charge on any atom is -0.345 e. The molecule has 1 saturated heterocycles. The van der Waals surface area contributed by atoms with E-state index < -0.39 is 10.0 Å². The minimum absolute atomic E-state index is 0.116. The summed E-state index contributed by atoms with van der Waals surface area (Å²) in [5.41, 5.74) is 4.04. The Labute approximate surface area is 189 Å². The van der Waals surface area contributed by atoms with Crippen LogP contribution in [-0.4, -0.2) is 31.7 Å². The highest BCUT2D eigenvalue weighted by atomic mass is 35.5. The number of aryl methyl sites for hydroxylation is 2. The number of nitrogens with one attached hydrogen (secondary N) is 1. The zero-order valence-corrected chi connectivity index (χ0v) is 19.4. The van der Waals surface area contributed by atoms with Gasteiger partial charge in [0.05, 0.1) is 21.5 Å². The van der Waals surface area contributed by atoms with Crippen LogP contribution in [0.15, 0.2) is 41.3 Å². The fraction of sp³-hybridized carbons (Fsp3) is 0.458. The molecule has 166 valence electrons. The van der Waals surface area contributed by atoms with Gasteiger partial charge in [0.25, 0.3) is 5.91 Å². The van der Waals surface area contributed by atoms with Crippen LogP contribution in [-0.2, 0) is 22.9 Å². The molecule has 1 atom stereocenters. The van der Waals surface area contributed by atoms with Crippen LogP contribution in [0.3, 0.4) is 0 Å². The molecule has 0 saturated carbocycles. The number of rotatable bonds is 6. The van der Waals surface area contributed by atoms with Crippen LogP contribution in [0.4, 0.5) is 0 Å². The highest BCUT2D eigenvalue weighted by Crippen LogP contribution is 2.28. The molecule has 1 heterocycles. The summed E-state index contributed by atoms with van der Waals surface area (Å²) in [6.45, 7) is 3.06. The Hall–Kier alpha value is -1.89. The second-order valence-corrected chi connectivity index (χ2v) is 10.8. The molecule has 1 amide bonds. The fourth-order valence-corrected chi connectivity index (χ4v) is 6.29. The zero-order chi connectivity index (χ0) is 22.0. The Balaban J connectivity index is 1.57. The highest BCUT2D eigenvalue weighted by Gasteiger charge is 2.28. The molecule has 2 aromatic rings. The molecule has 0 spiro atoms. The van der Waals surface area contributed by atoms with Crippen LogP contribution in [0, 0.1) is 0 Å². The number of hydrogen-bond donors (Lipinski definition) is 1. The molecule has 1 aliphatic heterocycles. The van der Waals surface area contributed by atoms with E-state index in [4.69, 9.17) is 11.6 Å². The minimum atomic E-state index is -3.61. The summed E-state index contributed by atoms with van der Waals surface area (Å²) >= 11 is 6.30. The monoisotopic (exact) mass is 460 g/mol. The van der Waals surface area contributed by atoms with Gasteiger partial charge in [0.1, 0.15) is 0 Å². The predicted octanol–water partition coefficient (Wildman–Crippen LogP) is 4.88. The quantitative estimate of drug-likeness (QED) is 0.667. The van der Waals surface area contributed by atoms with Crippen molar-refractivity contribution in [3.05, 3.63) is 63.7 Å². The van der Waals surface area contributed by atoms with Crippen molar-refractivity contribution < 1.29 is 13.2 Å². The number of benzene rings is 2. The number of halogens is 1. The largest absolute Gasteiger partial charge is 0.345 e. The normalized spacial score (nSPS) is 17.9. The Kier molecular flexibility index (Phi) is 6.70. The molecule has 2 aliphatic rings. The maximum atomic E-state index is 13.1. The lowest BCUT2D eigenvalue weighted by Crippen LogP contribution is -2.30. The van der Waals surface area contributed by atoms with E-state index in [-0.39, 0.29) is 27.4 Å². The standard InChI is InChI=1S/C24H29ClN2O3S/c1-2-23(19-10-9-17-7-3-4-8-18(17)15-19)26-24(28)21-16-20(11-12-22(21)25)31(29,30)27-13-5-6-14-27/h9-12,15-16,23H,2-8,13-14H2,1H3,(H,26,28). The zero-order valence-electron chi connectivity index (χ0n) is 17.9. The second-order valence-electron chi connectivity index (χ2n) is 8.42. The SMILES string of the molecule is CCC(NC(=O)c1cc(S(=O)(=O)N2CCCC2)ccc1Cl)c1ccc2c(c1)CCCC2. The van der Waals surface area contributed by atoms with Crippen LogP contribution in [0.25, 0.3) is 0 Å². The number of nitrogens with zero attached hydrogens (tertiary/aromatic N) is 1. The molecule has 2 aromatic carbocycles. The van der Waals surface area contributed by atoms with Gasteiger partial charge in [-0.05, 0) is 79.8 Å². The lowest BCUT2D eigenvalue weighted by Gasteiger charge is -2.22. The van der Waals surface area contributed by atoms with Gasteiger partial charge in [-0.15, -0.1) is 0 Å². The van der Waals surface area contributed by atoms with Crippen molar-refractivity contribution in [2.45, 2.75) is 62.8 Å². The van der Waals surface area contributed by atoms with Crippen molar-refractivity contribution in [3.63, 3.8) is 0 Å². The summed E-state index contributed by atoms with van der Waals surface area (Å²) in [4.78, 5) is 13.2. The number of carbonyl (C=O) groups is 1. The van der Waals surface area contributed by atoms with Crippen LogP contribution in [0.1, 0.15) is 72.1 Å². The highest BCUT2D eigenvalue weighted by molar-refractivity contribution is 7.89. The van der Waals surface area contributed by atoms with Crippen LogP contribution in [0.2, 0.25) is 5.02 Å². The first-order valence-electron chi connectivity index (χ1n) is 11.1. The van der Waals surface area contributed by atoms with Gasteiger partial charge in [0.2, 0.25) is 10.0 Å². The molecule has 1 N–H and O–H groups in total. The number of carbonyl (C=O) groups excluding carboxylic acids is 1. The van der Waals surface area contributed by atoms with Crippen molar-refractivity contribution in [1.29, 1.82) is 0 Å². The van der Waals surface area contributed by atoms with Gasteiger partial charge in [-0.1, -0.05) is 36.7 Å². The molecule has 1 unspecified atom stereocenters. The molecule has 4 rings (SSSR count). The first-order chi connectivity index (χ1) is 14.9. The summed E-state index contributed by atoms with van der Waals surface area (Å²) in [6, 6.07) is 10.7. The maximum absolute atomic E-state index is 13.1. The van der Waals surface area contributed by atoms with E-state index in [2.05, 4.69) is 23.5 Å². The van der Waals surface area contributed by atoms with Crippen molar-refractivity contribution in [2.75, 3.05) is 13.1 Å². The molecule has 0 radical (unpaired) electrons. The van der Waals surface area contributed by atoms with Crippen molar-refractivity contribution >= 4 is 27.5 Å². The maximum Gasteiger partial charge on any atom is 0.253 e. The molecular weight excluding hydrogens is 432 g/mol. The third-order valence-corrected chi connectivity index (χ3v) is 8.60. The Morgan fingerprint density at radius 3 is 2.45 bits per heavy atom. The predicted molar refractivity (Wildman–Crippen MR) is 123 cm³/mol. The molecule has 5 nitrogen and oxygen atoms in total. The van der Waals surface area contributed by atoms with Gasteiger partial charge in [-0.2, -0.15) is 4.31 Å². The van der Waals surface area contributed by atoms with E-state index >= 15 is 0 Å². The molecular formula is C24H29ClN2O3S. The van der Waals surface area contributed by atoms with Gasteiger partial charge in [0.15, 0.2) is 0 Å². The molecule has 7 heteroatoms.